The van der Waals surface area contributed by atoms with Gasteiger partial charge in [0.1, 0.15) is 6.10 Å². The van der Waals surface area contributed by atoms with E-state index in [-0.39, 0.29) is 0 Å². The average Bonchev–Trinajstić information content (AvgIpc) is 2.42. The molecule has 0 aliphatic carbocycles. The number of phosphoric acid groups is 2. The summed E-state index contributed by atoms with van der Waals surface area (Å²) in [5.41, 5.74) is 0. The molecule has 1 unspecified atom stereocenters. The van der Waals surface area contributed by atoms with E-state index in [4.69, 9.17) is 9.79 Å². The minimum absolute atomic E-state index is 0.534. The van der Waals surface area contributed by atoms with Gasteiger partial charge in [0.25, 0.3) is 0 Å². The van der Waals surface area contributed by atoms with E-state index in [1.807, 2.05) is 0 Å². The molecule has 0 aromatic rings. The summed E-state index contributed by atoms with van der Waals surface area (Å²) in [5, 5.41) is 0. The maximum Gasteiger partial charge on any atom is 0.469 e. The van der Waals surface area contributed by atoms with E-state index in [0.717, 1.165) is 0 Å². The summed E-state index contributed by atoms with van der Waals surface area (Å²) < 4.78 is 119. The second-order valence-electron chi connectivity index (χ2n) is 4.90. The molecule has 0 heterocycles. The van der Waals surface area contributed by atoms with Gasteiger partial charge in [-0.1, -0.05) is 0 Å². The number of unbranched alkanes of at least 4 members (excludes halogenated alkanes) is 1. The zero-order valence-corrected chi connectivity index (χ0v) is 14.3. The molecule has 26 heavy (non-hydrogen) atoms. The Morgan fingerprint density at radius 1 is 1.00 bits per heavy atom. The Bertz CT molecular complexity index is 548. The fraction of sp³-hybridized carbons (Fsp3) is 1.00. The molecule has 0 aliphatic rings. The van der Waals surface area contributed by atoms with Crippen LogP contribution in [-0.2, 0) is 18.2 Å². The van der Waals surface area contributed by atoms with Gasteiger partial charge in [-0.2, -0.15) is 26.3 Å². The fourth-order valence-electron chi connectivity index (χ4n) is 1.60. The Labute approximate surface area is 141 Å². The summed E-state index contributed by atoms with van der Waals surface area (Å²) in [5.74, 6) is -18.3. The van der Waals surface area contributed by atoms with Gasteiger partial charge in [-0.05, 0) is 19.3 Å². The standard InChI is InChI=1S/C9H15F7O8P2/c10-5-7(11,12)9(15,16)8(13,14)6(24-26(20,21)22)3-1-2-4-23-25(17,18)19/h6H,1-5H2,(H2,17,18,19)(H2,20,21,22)/p-2. The van der Waals surface area contributed by atoms with Crippen LogP contribution in [-0.4, -0.2) is 46.9 Å². The summed E-state index contributed by atoms with van der Waals surface area (Å²) in [7, 11) is -11.3. The summed E-state index contributed by atoms with van der Waals surface area (Å²) in [6, 6.07) is 0. The number of rotatable bonds is 12. The van der Waals surface area contributed by atoms with Crippen molar-refractivity contribution in [2.45, 2.75) is 43.1 Å². The molecule has 0 amide bonds. The molecular weight excluding hydrogens is 431 g/mol. The van der Waals surface area contributed by atoms with Gasteiger partial charge < -0.3 is 28.7 Å². The van der Waals surface area contributed by atoms with E-state index in [1.165, 1.54) is 0 Å². The Hall–Kier alpha value is -0.270. The first-order valence-corrected chi connectivity index (χ1v) is 9.46. The van der Waals surface area contributed by atoms with Crippen molar-refractivity contribution < 1.29 is 68.5 Å². The number of hydrogen-bond donors (Lipinski definition) is 2. The van der Waals surface area contributed by atoms with Crippen molar-refractivity contribution >= 4 is 15.6 Å². The molecular formula is C9H13F7O8P2-2. The quantitative estimate of drug-likeness (QED) is 0.261. The van der Waals surface area contributed by atoms with Gasteiger partial charge in [0, 0.05) is 0 Å². The van der Waals surface area contributed by atoms with Crippen LogP contribution in [0.4, 0.5) is 30.7 Å². The van der Waals surface area contributed by atoms with Gasteiger partial charge in [0.2, 0.25) is 0 Å². The predicted molar refractivity (Wildman–Crippen MR) is 65.1 cm³/mol. The van der Waals surface area contributed by atoms with Gasteiger partial charge >= 0.3 is 25.6 Å². The Kier molecular flexibility index (Phi) is 8.73. The summed E-state index contributed by atoms with van der Waals surface area (Å²) in [4.78, 5) is 37.6. The highest BCUT2D eigenvalue weighted by atomic mass is 31.2. The van der Waals surface area contributed by atoms with Crippen LogP contribution < -0.4 is 9.79 Å². The number of alkyl halides is 7. The SMILES string of the molecule is O=P([O-])([O-])OC(CCCCOP(=O)(O)O)C(F)(F)C(F)(F)C(F)(F)CF. The second kappa shape index (κ2) is 8.82. The van der Waals surface area contributed by atoms with E-state index < -0.39 is 72.1 Å². The van der Waals surface area contributed by atoms with Crippen LogP contribution in [0.3, 0.4) is 0 Å². The number of phosphoric ester groups is 2. The lowest BCUT2D eigenvalue weighted by molar-refractivity contribution is -0.368. The first kappa shape index (κ1) is 25.7. The zero-order chi connectivity index (χ0) is 21.0. The van der Waals surface area contributed by atoms with Crippen LogP contribution >= 0.6 is 15.6 Å². The molecule has 0 aromatic carbocycles. The van der Waals surface area contributed by atoms with Crippen LogP contribution in [0.5, 0.6) is 0 Å². The minimum atomic E-state index is -6.41. The number of halogens is 7. The Morgan fingerprint density at radius 2 is 1.50 bits per heavy atom. The Morgan fingerprint density at radius 3 is 1.88 bits per heavy atom. The third kappa shape index (κ3) is 7.39. The van der Waals surface area contributed by atoms with Gasteiger partial charge in [0.05, 0.1) is 14.4 Å². The molecule has 0 radical (unpaired) electrons. The molecule has 0 rings (SSSR count). The maximum atomic E-state index is 13.7. The van der Waals surface area contributed by atoms with E-state index in [2.05, 4.69) is 9.05 Å². The van der Waals surface area contributed by atoms with Crippen molar-refractivity contribution in [3.63, 3.8) is 0 Å². The summed E-state index contributed by atoms with van der Waals surface area (Å²) >= 11 is 0. The van der Waals surface area contributed by atoms with Crippen molar-refractivity contribution in [3.8, 4) is 0 Å². The van der Waals surface area contributed by atoms with Gasteiger partial charge in [-0.25, -0.2) is 8.96 Å². The van der Waals surface area contributed by atoms with Gasteiger partial charge in [-0.15, -0.1) is 0 Å². The van der Waals surface area contributed by atoms with Crippen LogP contribution in [0.15, 0.2) is 0 Å². The highest BCUT2D eigenvalue weighted by molar-refractivity contribution is 7.46. The first-order valence-electron chi connectivity index (χ1n) is 6.47. The normalized spacial score (nSPS) is 16.0. The van der Waals surface area contributed by atoms with Crippen LogP contribution in [0.25, 0.3) is 0 Å². The van der Waals surface area contributed by atoms with Gasteiger partial charge in [-0.3, -0.25) is 4.52 Å². The van der Waals surface area contributed by atoms with Crippen molar-refractivity contribution in [2.24, 2.45) is 0 Å². The highest BCUT2D eigenvalue weighted by Gasteiger charge is 2.74. The van der Waals surface area contributed by atoms with E-state index in [0.29, 0.717) is 0 Å². The molecule has 2 N–H and O–H groups in total. The third-order valence-corrected chi connectivity index (χ3v) is 3.86. The van der Waals surface area contributed by atoms with Crippen molar-refractivity contribution in [3.05, 3.63) is 0 Å². The predicted octanol–water partition coefficient (Wildman–Crippen LogP) is 1.36. The molecule has 8 nitrogen and oxygen atoms in total. The smallest absolute Gasteiger partial charge is 0.469 e. The molecule has 0 saturated heterocycles. The zero-order valence-electron chi connectivity index (χ0n) is 12.5. The topological polar surface area (TPSA) is 139 Å². The molecule has 0 saturated carbocycles. The monoisotopic (exact) mass is 444 g/mol. The van der Waals surface area contributed by atoms with Crippen molar-refractivity contribution in [1.29, 1.82) is 0 Å². The molecule has 158 valence electrons. The first-order chi connectivity index (χ1) is 11.4. The minimum Gasteiger partial charge on any atom is -0.790 e. The molecule has 0 spiro atoms. The third-order valence-electron chi connectivity index (χ3n) is 2.83. The average molecular weight is 444 g/mol. The fourth-order valence-corrected chi connectivity index (χ4v) is 2.52. The van der Waals surface area contributed by atoms with Crippen LogP contribution in [0.1, 0.15) is 19.3 Å². The highest BCUT2D eigenvalue weighted by Crippen LogP contribution is 2.51. The van der Waals surface area contributed by atoms with E-state index in [1.54, 1.807) is 0 Å². The molecule has 1 atom stereocenters. The lowest BCUT2D eigenvalue weighted by Crippen LogP contribution is -2.60. The van der Waals surface area contributed by atoms with Crippen molar-refractivity contribution in [2.75, 3.05) is 13.3 Å². The van der Waals surface area contributed by atoms with Crippen LogP contribution in [0.2, 0.25) is 0 Å². The van der Waals surface area contributed by atoms with Crippen molar-refractivity contribution in [1.82, 2.24) is 0 Å². The molecule has 0 bridgehead atoms. The molecule has 17 heteroatoms. The number of hydrogen-bond acceptors (Lipinski definition) is 6. The van der Waals surface area contributed by atoms with Gasteiger partial charge in [0.15, 0.2) is 6.67 Å². The largest absolute Gasteiger partial charge is 0.790 e. The summed E-state index contributed by atoms with van der Waals surface area (Å²) in [6.45, 7) is -4.00. The molecule has 0 aliphatic heterocycles. The van der Waals surface area contributed by atoms with Crippen LogP contribution in [0, 0.1) is 0 Å². The Balaban J connectivity index is 5.29. The summed E-state index contributed by atoms with van der Waals surface area (Å²) in [6.07, 6.45) is -6.29. The maximum absolute atomic E-state index is 13.7. The van der Waals surface area contributed by atoms with E-state index in [9.17, 15) is 49.6 Å². The molecule has 0 aromatic heterocycles. The lowest BCUT2D eigenvalue weighted by atomic mass is 9.96. The molecule has 0 fully saturated rings. The van der Waals surface area contributed by atoms with E-state index >= 15 is 0 Å². The lowest BCUT2D eigenvalue weighted by Gasteiger charge is -2.40. The second-order valence-corrected chi connectivity index (χ2v) is 7.24.